The van der Waals surface area contributed by atoms with Gasteiger partial charge >= 0.3 is 0 Å². The fourth-order valence-electron chi connectivity index (χ4n) is 2.53. The first-order valence-corrected chi connectivity index (χ1v) is 8.99. The van der Waals surface area contributed by atoms with Gasteiger partial charge in [-0.2, -0.15) is 5.10 Å². The van der Waals surface area contributed by atoms with Gasteiger partial charge in [0.15, 0.2) is 0 Å². The summed E-state index contributed by atoms with van der Waals surface area (Å²) in [4.78, 5) is 27.4. The van der Waals surface area contributed by atoms with Gasteiger partial charge in [0, 0.05) is 19.2 Å². The lowest BCUT2D eigenvalue weighted by atomic mass is 10.2. The zero-order valence-corrected chi connectivity index (χ0v) is 14.8. The molecule has 0 spiro atoms. The number of hydrogen-bond acceptors (Lipinski definition) is 4. The van der Waals surface area contributed by atoms with Crippen LogP contribution in [0.5, 0.6) is 0 Å². The fourth-order valence-corrected chi connectivity index (χ4v) is 3.22. The molecule has 0 bridgehead atoms. The summed E-state index contributed by atoms with van der Waals surface area (Å²) in [7, 11) is 0. The van der Waals surface area contributed by atoms with Crippen molar-refractivity contribution in [3.05, 3.63) is 75.9 Å². The van der Waals surface area contributed by atoms with E-state index in [1.54, 1.807) is 22.3 Å². The molecule has 1 aromatic carbocycles. The van der Waals surface area contributed by atoms with Crippen molar-refractivity contribution in [2.45, 2.75) is 20.0 Å². The highest BCUT2D eigenvalue weighted by molar-refractivity contribution is 7.13. The number of nitrogens with zero attached hydrogens (tertiary/aromatic N) is 3. The Morgan fingerprint density at radius 1 is 1.12 bits per heavy atom. The smallest absolute Gasteiger partial charge is 0.267 e. The first-order valence-electron chi connectivity index (χ1n) is 8.11. The predicted octanol–water partition coefficient (Wildman–Crippen LogP) is 3.02. The summed E-state index contributed by atoms with van der Waals surface area (Å²) in [6, 6.07) is 16.8. The highest BCUT2D eigenvalue weighted by Gasteiger charge is 2.15. The van der Waals surface area contributed by atoms with E-state index in [2.05, 4.69) is 5.10 Å². The Bertz CT molecular complexity index is 889. The van der Waals surface area contributed by atoms with Gasteiger partial charge in [0.2, 0.25) is 5.91 Å². The highest BCUT2D eigenvalue weighted by atomic mass is 32.1. The van der Waals surface area contributed by atoms with E-state index in [-0.39, 0.29) is 18.0 Å². The minimum Gasteiger partial charge on any atom is -0.337 e. The summed E-state index contributed by atoms with van der Waals surface area (Å²) in [5, 5.41) is 6.30. The molecule has 0 radical (unpaired) electrons. The molecule has 0 saturated heterocycles. The van der Waals surface area contributed by atoms with Crippen molar-refractivity contribution in [1.29, 1.82) is 0 Å². The van der Waals surface area contributed by atoms with Crippen LogP contribution < -0.4 is 5.56 Å². The summed E-state index contributed by atoms with van der Waals surface area (Å²) in [6.07, 6.45) is 0. The maximum atomic E-state index is 12.6. The molecule has 6 heteroatoms. The molecule has 0 N–H and O–H groups in total. The Kier molecular flexibility index (Phi) is 5.40. The molecule has 25 heavy (non-hydrogen) atoms. The number of carbonyl (C=O) groups excluding carboxylic acids is 1. The number of hydrogen-bond donors (Lipinski definition) is 0. The largest absolute Gasteiger partial charge is 0.337 e. The quantitative estimate of drug-likeness (QED) is 0.684. The van der Waals surface area contributed by atoms with E-state index in [0.29, 0.717) is 18.8 Å². The molecule has 0 fully saturated rings. The van der Waals surface area contributed by atoms with Gasteiger partial charge in [-0.3, -0.25) is 9.59 Å². The molecule has 2 aromatic heterocycles. The average Bonchev–Trinajstić information content (AvgIpc) is 3.17. The van der Waals surface area contributed by atoms with Gasteiger partial charge in [-0.05, 0) is 30.0 Å². The van der Waals surface area contributed by atoms with Gasteiger partial charge in [0.25, 0.3) is 5.56 Å². The molecule has 5 nitrogen and oxygen atoms in total. The monoisotopic (exact) mass is 353 g/mol. The van der Waals surface area contributed by atoms with Gasteiger partial charge in [0.1, 0.15) is 12.2 Å². The Labute approximate surface area is 150 Å². The number of thiophene rings is 1. The minimum atomic E-state index is -0.274. The number of amides is 1. The molecule has 0 aliphatic carbocycles. The van der Waals surface area contributed by atoms with E-state index in [4.69, 9.17) is 0 Å². The molecular weight excluding hydrogens is 334 g/mol. The van der Waals surface area contributed by atoms with Gasteiger partial charge in [-0.15, -0.1) is 11.3 Å². The van der Waals surface area contributed by atoms with Crippen LogP contribution in [-0.4, -0.2) is 27.1 Å². The van der Waals surface area contributed by atoms with Crippen molar-refractivity contribution >= 4 is 17.2 Å². The third-order valence-corrected chi connectivity index (χ3v) is 4.77. The van der Waals surface area contributed by atoms with Crippen molar-refractivity contribution in [2.24, 2.45) is 0 Å². The van der Waals surface area contributed by atoms with Crippen LogP contribution in [0.15, 0.2) is 64.8 Å². The summed E-state index contributed by atoms with van der Waals surface area (Å²) in [6.45, 7) is 2.97. The molecule has 0 aliphatic rings. The SMILES string of the molecule is CCN(Cc1ccccc1)C(=O)Cn1nc(-c2cccs2)ccc1=O. The highest BCUT2D eigenvalue weighted by Crippen LogP contribution is 2.21. The standard InChI is InChI=1S/C19H19N3O2S/c1-2-21(13-15-7-4-3-5-8-15)19(24)14-22-18(23)11-10-16(20-22)17-9-6-12-25-17/h3-12H,2,13-14H2,1H3. The summed E-state index contributed by atoms with van der Waals surface area (Å²) >= 11 is 1.55. The Morgan fingerprint density at radius 2 is 1.92 bits per heavy atom. The average molecular weight is 353 g/mol. The van der Waals surface area contributed by atoms with Crippen LogP contribution in [0.3, 0.4) is 0 Å². The molecule has 2 heterocycles. The van der Waals surface area contributed by atoms with Crippen molar-refractivity contribution in [1.82, 2.24) is 14.7 Å². The van der Waals surface area contributed by atoms with Crippen LogP contribution in [0.1, 0.15) is 12.5 Å². The predicted molar refractivity (Wildman–Crippen MR) is 99.3 cm³/mol. The normalized spacial score (nSPS) is 10.6. The molecule has 0 atom stereocenters. The van der Waals surface area contributed by atoms with Crippen LogP contribution in [0.4, 0.5) is 0 Å². The first kappa shape index (κ1) is 17.1. The molecule has 3 rings (SSSR count). The number of carbonyl (C=O) groups is 1. The van der Waals surface area contributed by atoms with Crippen LogP contribution >= 0.6 is 11.3 Å². The molecule has 3 aromatic rings. The van der Waals surface area contributed by atoms with E-state index in [1.807, 2.05) is 54.8 Å². The fraction of sp³-hybridized carbons (Fsp3) is 0.211. The first-order chi connectivity index (χ1) is 12.2. The zero-order valence-electron chi connectivity index (χ0n) is 14.0. The number of benzene rings is 1. The zero-order chi connectivity index (χ0) is 17.6. The van der Waals surface area contributed by atoms with E-state index < -0.39 is 0 Å². The summed E-state index contributed by atoms with van der Waals surface area (Å²) in [5.41, 5.74) is 1.49. The van der Waals surface area contributed by atoms with E-state index in [1.165, 1.54) is 10.7 Å². The van der Waals surface area contributed by atoms with E-state index in [9.17, 15) is 9.59 Å². The van der Waals surface area contributed by atoms with Crippen LogP contribution in [0.25, 0.3) is 10.6 Å². The molecule has 0 unspecified atom stereocenters. The summed E-state index contributed by atoms with van der Waals surface area (Å²) in [5.74, 6) is -0.121. The second kappa shape index (κ2) is 7.90. The van der Waals surface area contributed by atoms with Crippen LogP contribution in [0, 0.1) is 0 Å². The lowest BCUT2D eigenvalue weighted by Gasteiger charge is -2.21. The van der Waals surface area contributed by atoms with Crippen molar-refractivity contribution < 1.29 is 4.79 Å². The van der Waals surface area contributed by atoms with Crippen LogP contribution in [0.2, 0.25) is 0 Å². The Hall–Kier alpha value is -2.73. The Balaban J connectivity index is 1.77. The van der Waals surface area contributed by atoms with Crippen molar-refractivity contribution in [3.63, 3.8) is 0 Å². The second-order valence-electron chi connectivity index (χ2n) is 5.59. The maximum absolute atomic E-state index is 12.6. The topological polar surface area (TPSA) is 55.2 Å². The number of rotatable bonds is 6. The molecule has 128 valence electrons. The number of aromatic nitrogens is 2. The lowest BCUT2D eigenvalue weighted by molar-refractivity contribution is -0.132. The Morgan fingerprint density at radius 3 is 2.60 bits per heavy atom. The maximum Gasteiger partial charge on any atom is 0.267 e. The van der Waals surface area contributed by atoms with E-state index in [0.717, 1.165) is 10.4 Å². The van der Waals surface area contributed by atoms with Gasteiger partial charge in [0.05, 0.1) is 4.88 Å². The molecule has 0 aliphatic heterocycles. The third-order valence-electron chi connectivity index (χ3n) is 3.88. The summed E-state index contributed by atoms with van der Waals surface area (Å²) < 4.78 is 1.24. The molecular formula is C19H19N3O2S. The van der Waals surface area contributed by atoms with Crippen LogP contribution in [-0.2, 0) is 17.9 Å². The second-order valence-corrected chi connectivity index (χ2v) is 6.53. The lowest BCUT2D eigenvalue weighted by Crippen LogP contribution is -2.36. The molecule has 0 saturated carbocycles. The van der Waals surface area contributed by atoms with Gasteiger partial charge in [-0.1, -0.05) is 36.4 Å². The van der Waals surface area contributed by atoms with Gasteiger partial charge in [-0.25, -0.2) is 4.68 Å². The van der Waals surface area contributed by atoms with Crippen molar-refractivity contribution in [2.75, 3.05) is 6.54 Å². The molecule has 1 amide bonds. The minimum absolute atomic E-state index is 0.0568. The number of likely N-dealkylation sites (N-methyl/N-ethyl adjacent to an activating group) is 1. The van der Waals surface area contributed by atoms with Crippen molar-refractivity contribution in [3.8, 4) is 10.6 Å². The van der Waals surface area contributed by atoms with Gasteiger partial charge < -0.3 is 4.90 Å². The van der Waals surface area contributed by atoms with E-state index >= 15 is 0 Å². The third kappa shape index (κ3) is 4.22.